The molecule has 1 aliphatic carbocycles. The van der Waals surface area contributed by atoms with Crippen molar-refractivity contribution >= 4 is 49.0 Å². The third-order valence-electron chi connectivity index (χ3n) is 8.79. The fourth-order valence-corrected chi connectivity index (χ4v) is 7.04. The summed E-state index contributed by atoms with van der Waals surface area (Å²) in [7, 11) is 2.20. The quantitative estimate of drug-likeness (QED) is 0.137. The van der Waals surface area contributed by atoms with Crippen molar-refractivity contribution in [2.24, 2.45) is 7.05 Å². The Hall–Kier alpha value is -3.91. The first-order valence-electron chi connectivity index (χ1n) is 13.3. The van der Waals surface area contributed by atoms with Gasteiger partial charge in [-0.05, 0) is 71.5 Å². The van der Waals surface area contributed by atoms with Crippen LogP contribution >= 0.6 is 0 Å². The van der Waals surface area contributed by atoms with E-state index < -0.39 is 0 Å². The van der Waals surface area contributed by atoms with Crippen LogP contribution in [0, 0.1) is 6.92 Å². The Morgan fingerprint density at radius 3 is 2.42 bits per heavy atom. The van der Waals surface area contributed by atoms with Crippen LogP contribution in [0.25, 0.3) is 60.1 Å². The number of benzene rings is 4. The molecule has 1 fully saturated rings. The lowest BCUT2D eigenvalue weighted by atomic mass is 9.92. The molecule has 8 rings (SSSR count). The van der Waals surface area contributed by atoms with E-state index in [0.717, 1.165) is 0 Å². The number of nitrogens with zero attached hydrogens (tertiary/aromatic N) is 2. The topological polar surface area (TPSA) is 8.29 Å². The van der Waals surface area contributed by atoms with Crippen molar-refractivity contribution in [3.8, 4) is 11.1 Å². The van der Waals surface area contributed by atoms with E-state index >= 15 is 0 Å². The summed E-state index contributed by atoms with van der Waals surface area (Å²) in [6.45, 7) is 2.27. The van der Waals surface area contributed by atoms with Crippen LogP contribution in [0.2, 0.25) is 0 Å². The van der Waals surface area contributed by atoms with Crippen molar-refractivity contribution in [3.05, 3.63) is 96.2 Å². The number of hydrogen-bond donors (Lipinski definition) is 0. The largest absolute Gasteiger partial charge is 0.307 e. The zero-order chi connectivity index (χ0) is 24.0. The van der Waals surface area contributed by atoms with Gasteiger partial charge in [0.15, 0.2) is 6.20 Å². The van der Waals surface area contributed by atoms with Gasteiger partial charge in [0.1, 0.15) is 7.05 Å². The van der Waals surface area contributed by atoms with Gasteiger partial charge in [-0.15, -0.1) is 0 Å². The Morgan fingerprint density at radius 1 is 0.750 bits per heavy atom. The van der Waals surface area contributed by atoms with E-state index in [4.69, 9.17) is 0 Å². The fraction of sp³-hybridized carbons (Fsp3) is 0.206. The second kappa shape index (κ2) is 7.30. The normalized spacial score (nSPS) is 14.9. The Kier molecular flexibility index (Phi) is 4.12. The summed E-state index contributed by atoms with van der Waals surface area (Å²) in [5.41, 5.74) is 10.8. The molecule has 0 amide bonds. The maximum Gasteiger partial charge on any atom is 0.224 e. The van der Waals surface area contributed by atoms with Crippen LogP contribution in [-0.4, -0.2) is 4.40 Å². The molecule has 2 nitrogen and oxygen atoms in total. The van der Waals surface area contributed by atoms with Crippen LogP contribution in [-0.2, 0) is 7.05 Å². The van der Waals surface area contributed by atoms with Gasteiger partial charge in [-0.1, -0.05) is 67.4 Å². The lowest BCUT2D eigenvalue weighted by molar-refractivity contribution is -0.643. The zero-order valence-electron chi connectivity index (χ0n) is 20.9. The molecule has 0 N–H and O–H groups in total. The van der Waals surface area contributed by atoms with Crippen LogP contribution in [0.3, 0.4) is 0 Å². The van der Waals surface area contributed by atoms with Gasteiger partial charge in [-0.25, -0.2) is 4.57 Å². The second-order valence-corrected chi connectivity index (χ2v) is 10.8. The maximum absolute atomic E-state index is 2.58. The third kappa shape index (κ3) is 2.65. The van der Waals surface area contributed by atoms with Crippen LogP contribution in [0.4, 0.5) is 0 Å². The summed E-state index contributed by atoms with van der Waals surface area (Å²) >= 11 is 0. The van der Waals surface area contributed by atoms with Gasteiger partial charge in [0.25, 0.3) is 0 Å². The highest BCUT2D eigenvalue weighted by Crippen LogP contribution is 2.43. The molecular weight excluding hydrogens is 436 g/mol. The molecule has 0 aliphatic heterocycles. The van der Waals surface area contributed by atoms with E-state index in [9.17, 15) is 0 Å². The molecular formula is C34H29N2+. The lowest BCUT2D eigenvalue weighted by Crippen LogP contribution is -2.29. The molecule has 0 atom stereocenters. The first kappa shape index (κ1) is 20.3. The molecule has 1 aliphatic rings. The molecule has 7 aromatic rings. The van der Waals surface area contributed by atoms with Crippen molar-refractivity contribution in [1.82, 2.24) is 4.40 Å². The molecule has 2 heteroatoms. The molecule has 1 saturated carbocycles. The van der Waals surface area contributed by atoms with Gasteiger partial charge in [0, 0.05) is 16.8 Å². The maximum atomic E-state index is 2.58. The average Bonchev–Trinajstić information content (AvgIpc) is 3.56. The van der Waals surface area contributed by atoms with Crippen molar-refractivity contribution in [2.75, 3.05) is 0 Å². The van der Waals surface area contributed by atoms with E-state index in [2.05, 4.69) is 108 Å². The molecule has 0 spiro atoms. The van der Waals surface area contributed by atoms with Crippen molar-refractivity contribution in [1.29, 1.82) is 0 Å². The number of fused-ring (bicyclic) bond motifs is 5. The highest BCUT2D eigenvalue weighted by Gasteiger charge is 2.26. The molecule has 36 heavy (non-hydrogen) atoms. The number of aryl methyl sites for hydroxylation is 2. The van der Waals surface area contributed by atoms with Crippen molar-refractivity contribution < 1.29 is 4.57 Å². The van der Waals surface area contributed by atoms with Crippen LogP contribution < -0.4 is 4.57 Å². The number of rotatable bonds is 2. The Labute approximate surface area is 210 Å². The van der Waals surface area contributed by atoms with Gasteiger partial charge in [0.05, 0.1) is 27.3 Å². The highest BCUT2D eigenvalue weighted by molar-refractivity contribution is 6.26. The van der Waals surface area contributed by atoms with Crippen LogP contribution in [0.1, 0.15) is 42.7 Å². The van der Waals surface area contributed by atoms with Crippen LogP contribution in [0.15, 0.2) is 85.1 Å². The SMILES string of the molecule is Cc1ccc2c3cc(-c4ccccc4)ccc3n3c4cc(C5CCCC5)cc5cc[n+](C)c(c1c23)c54. The predicted octanol–water partition coefficient (Wildman–Crippen LogP) is 8.45. The summed E-state index contributed by atoms with van der Waals surface area (Å²) in [6, 6.07) is 29.8. The molecule has 3 aromatic heterocycles. The molecule has 3 heterocycles. The standard InChI is InChI=1S/C34H29N2/c1-21-12-14-27-28-19-24(22-8-4-3-5-9-22)13-15-29(28)36-30-20-26(23-10-6-7-11-23)18-25-16-17-35(2)34(32(25)30)31(21)33(27)36/h3-5,8-9,12-20,23H,6-7,10-11H2,1-2H3/q+1. The Balaban J connectivity index is 1.60. The van der Waals surface area contributed by atoms with E-state index in [1.807, 2.05) is 0 Å². The van der Waals surface area contributed by atoms with Crippen molar-refractivity contribution in [2.45, 2.75) is 38.5 Å². The van der Waals surface area contributed by atoms with E-state index in [0.29, 0.717) is 5.92 Å². The molecule has 0 radical (unpaired) electrons. The summed E-state index contributed by atoms with van der Waals surface area (Å²) < 4.78 is 4.91. The van der Waals surface area contributed by atoms with E-state index in [1.54, 1.807) is 0 Å². The zero-order valence-corrected chi connectivity index (χ0v) is 20.9. The minimum Gasteiger partial charge on any atom is -0.307 e. The van der Waals surface area contributed by atoms with Crippen LogP contribution in [0.5, 0.6) is 0 Å². The molecule has 4 aromatic carbocycles. The highest BCUT2D eigenvalue weighted by atomic mass is 15.0. The summed E-state index contributed by atoms with van der Waals surface area (Å²) in [5.74, 6) is 0.684. The number of aromatic nitrogens is 2. The number of hydrogen-bond acceptors (Lipinski definition) is 0. The van der Waals surface area contributed by atoms with Crippen molar-refractivity contribution in [3.63, 3.8) is 0 Å². The lowest BCUT2D eigenvalue weighted by Gasteiger charge is -2.16. The summed E-state index contributed by atoms with van der Waals surface area (Å²) in [5, 5.41) is 6.81. The summed E-state index contributed by atoms with van der Waals surface area (Å²) in [4.78, 5) is 0. The molecule has 174 valence electrons. The smallest absolute Gasteiger partial charge is 0.224 e. The summed E-state index contributed by atoms with van der Waals surface area (Å²) in [6.07, 6.45) is 7.60. The van der Waals surface area contributed by atoms with E-state index in [1.165, 1.54) is 96.9 Å². The van der Waals surface area contributed by atoms with E-state index in [-0.39, 0.29) is 0 Å². The molecule has 0 saturated heterocycles. The van der Waals surface area contributed by atoms with Gasteiger partial charge < -0.3 is 4.40 Å². The first-order valence-corrected chi connectivity index (χ1v) is 13.3. The average molecular weight is 466 g/mol. The minimum atomic E-state index is 0.684. The Morgan fingerprint density at radius 2 is 1.58 bits per heavy atom. The number of pyridine rings is 2. The van der Waals surface area contributed by atoms with Gasteiger partial charge in [0.2, 0.25) is 5.52 Å². The predicted molar refractivity (Wildman–Crippen MR) is 151 cm³/mol. The van der Waals surface area contributed by atoms with Gasteiger partial charge >= 0.3 is 0 Å². The van der Waals surface area contributed by atoms with Gasteiger partial charge in [-0.3, -0.25) is 0 Å². The Bertz CT molecular complexity index is 1950. The first-order chi connectivity index (χ1) is 17.7. The third-order valence-corrected chi connectivity index (χ3v) is 8.79. The van der Waals surface area contributed by atoms with Gasteiger partial charge in [-0.2, -0.15) is 0 Å². The fourth-order valence-electron chi connectivity index (χ4n) is 7.04. The molecule has 0 bridgehead atoms. The monoisotopic (exact) mass is 465 g/mol. The molecule has 0 unspecified atom stereocenters. The second-order valence-electron chi connectivity index (χ2n) is 10.8. The minimum absolute atomic E-state index is 0.684.